The van der Waals surface area contributed by atoms with Crippen LogP contribution in [-0.2, 0) is 17.9 Å². The largest absolute Gasteiger partial charge is 0.341 e. The molecule has 3 rings (SSSR count). The van der Waals surface area contributed by atoms with Gasteiger partial charge in [0, 0.05) is 30.4 Å². The van der Waals surface area contributed by atoms with E-state index in [1.807, 2.05) is 18.2 Å². The number of halogens is 1. The number of carbonyl (C=O) groups is 1. The number of aromatic nitrogens is 2. The van der Waals surface area contributed by atoms with Crippen molar-refractivity contribution >= 4 is 17.5 Å². The standard InChI is InChI=1S/C19H22ClN3O3/c1-14-6-9-21(10-7-14)18(25)13-23-17(24)8-11-22(19(23)26)12-15-4-2-3-5-16(15)20/h2-5,8,11,14H,6-7,9-10,12-13H2,1H3. The molecule has 1 saturated heterocycles. The summed E-state index contributed by atoms with van der Waals surface area (Å²) in [4.78, 5) is 39.1. The molecule has 0 aliphatic carbocycles. The van der Waals surface area contributed by atoms with E-state index in [4.69, 9.17) is 11.6 Å². The van der Waals surface area contributed by atoms with E-state index in [-0.39, 0.29) is 19.0 Å². The molecule has 1 aromatic heterocycles. The molecule has 1 aromatic carbocycles. The first-order valence-electron chi connectivity index (χ1n) is 8.77. The number of hydrogen-bond acceptors (Lipinski definition) is 3. The molecule has 0 spiro atoms. The van der Waals surface area contributed by atoms with Crippen LogP contribution in [0.4, 0.5) is 0 Å². The molecule has 0 atom stereocenters. The Labute approximate surface area is 156 Å². The fourth-order valence-corrected chi connectivity index (χ4v) is 3.32. The molecule has 0 N–H and O–H groups in total. The van der Waals surface area contributed by atoms with Gasteiger partial charge >= 0.3 is 5.69 Å². The Morgan fingerprint density at radius 1 is 1.15 bits per heavy atom. The van der Waals surface area contributed by atoms with Crippen LogP contribution in [0.5, 0.6) is 0 Å². The minimum atomic E-state index is -0.504. The van der Waals surface area contributed by atoms with Crippen molar-refractivity contribution in [2.45, 2.75) is 32.9 Å². The number of benzene rings is 1. The summed E-state index contributed by atoms with van der Waals surface area (Å²) in [7, 11) is 0. The molecule has 7 heteroatoms. The Morgan fingerprint density at radius 2 is 1.85 bits per heavy atom. The van der Waals surface area contributed by atoms with Crippen LogP contribution >= 0.6 is 11.6 Å². The van der Waals surface area contributed by atoms with Gasteiger partial charge < -0.3 is 4.90 Å². The summed E-state index contributed by atoms with van der Waals surface area (Å²) < 4.78 is 2.39. The van der Waals surface area contributed by atoms with Gasteiger partial charge in [-0.2, -0.15) is 0 Å². The Hall–Kier alpha value is -2.34. The second-order valence-corrected chi connectivity index (χ2v) is 7.21. The van der Waals surface area contributed by atoms with Gasteiger partial charge in [0.05, 0.1) is 6.54 Å². The number of carbonyl (C=O) groups excluding carboxylic acids is 1. The van der Waals surface area contributed by atoms with Gasteiger partial charge in [-0.3, -0.25) is 18.7 Å². The number of hydrogen-bond donors (Lipinski definition) is 0. The zero-order chi connectivity index (χ0) is 18.7. The quantitative estimate of drug-likeness (QED) is 0.820. The van der Waals surface area contributed by atoms with Crippen LogP contribution in [0.15, 0.2) is 46.1 Å². The second kappa shape index (κ2) is 7.91. The molecule has 6 nitrogen and oxygen atoms in total. The van der Waals surface area contributed by atoms with E-state index in [9.17, 15) is 14.4 Å². The van der Waals surface area contributed by atoms with Crippen LogP contribution in [0.25, 0.3) is 0 Å². The molecule has 1 aliphatic heterocycles. The predicted molar refractivity (Wildman–Crippen MR) is 100 cm³/mol. The lowest BCUT2D eigenvalue weighted by molar-refractivity contribution is -0.133. The number of rotatable bonds is 4. The van der Waals surface area contributed by atoms with Gasteiger partial charge in [0.25, 0.3) is 5.56 Å². The van der Waals surface area contributed by atoms with Crippen molar-refractivity contribution in [1.82, 2.24) is 14.0 Å². The molecule has 0 saturated carbocycles. The zero-order valence-electron chi connectivity index (χ0n) is 14.7. The molecule has 0 unspecified atom stereocenters. The summed E-state index contributed by atoms with van der Waals surface area (Å²) in [6.07, 6.45) is 3.34. The average Bonchev–Trinajstić information content (AvgIpc) is 2.63. The third-order valence-electron chi connectivity index (χ3n) is 4.87. The molecule has 0 radical (unpaired) electrons. The Kier molecular flexibility index (Phi) is 5.61. The minimum Gasteiger partial charge on any atom is -0.341 e. The third-order valence-corrected chi connectivity index (χ3v) is 5.24. The fourth-order valence-electron chi connectivity index (χ4n) is 3.13. The van der Waals surface area contributed by atoms with Crippen LogP contribution in [-0.4, -0.2) is 33.0 Å². The normalized spacial score (nSPS) is 15.2. The van der Waals surface area contributed by atoms with Gasteiger partial charge in [-0.1, -0.05) is 36.7 Å². The van der Waals surface area contributed by atoms with E-state index < -0.39 is 11.2 Å². The van der Waals surface area contributed by atoms with Crippen LogP contribution in [0.2, 0.25) is 5.02 Å². The van der Waals surface area contributed by atoms with Crippen LogP contribution < -0.4 is 11.2 Å². The van der Waals surface area contributed by atoms with E-state index in [1.165, 1.54) is 16.8 Å². The van der Waals surface area contributed by atoms with Crippen molar-refractivity contribution in [1.29, 1.82) is 0 Å². The summed E-state index contributed by atoms with van der Waals surface area (Å²) in [6, 6.07) is 8.53. The maximum Gasteiger partial charge on any atom is 0.331 e. The highest BCUT2D eigenvalue weighted by Gasteiger charge is 2.21. The summed E-state index contributed by atoms with van der Waals surface area (Å²) in [5, 5.41) is 0.552. The third kappa shape index (κ3) is 4.07. The SMILES string of the molecule is CC1CCN(C(=O)Cn2c(=O)ccn(Cc3ccccc3Cl)c2=O)CC1. The Balaban J connectivity index is 1.82. The maximum absolute atomic E-state index is 12.7. The van der Waals surface area contributed by atoms with Crippen molar-refractivity contribution in [3.05, 3.63) is 68.0 Å². The Morgan fingerprint density at radius 3 is 2.54 bits per heavy atom. The molecule has 2 heterocycles. The fraction of sp³-hybridized carbons (Fsp3) is 0.421. The number of likely N-dealkylation sites (tertiary alicyclic amines) is 1. The number of piperidine rings is 1. The van der Waals surface area contributed by atoms with E-state index in [0.717, 1.165) is 23.0 Å². The number of nitrogens with zero attached hydrogens (tertiary/aromatic N) is 3. The predicted octanol–water partition coefficient (Wildman–Crippen LogP) is 1.97. The molecule has 1 amide bonds. The van der Waals surface area contributed by atoms with E-state index in [1.54, 1.807) is 11.0 Å². The van der Waals surface area contributed by atoms with E-state index in [2.05, 4.69) is 6.92 Å². The highest BCUT2D eigenvalue weighted by atomic mass is 35.5. The monoisotopic (exact) mass is 375 g/mol. The van der Waals surface area contributed by atoms with Crippen LogP contribution in [0, 0.1) is 5.92 Å². The molecule has 1 aliphatic rings. The van der Waals surface area contributed by atoms with Crippen molar-refractivity contribution in [3.63, 3.8) is 0 Å². The van der Waals surface area contributed by atoms with E-state index in [0.29, 0.717) is 24.0 Å². The van der Waals surface area contributed by atoms with Crippen LogP contribution in [0.1, 0.15) is 25.3 Å². The summed E-state index contributed by atoms with van der Waals surface area (Å²) in [5.74, 6) is 0.415. The molecular weight excluding hydrogens is 354 g/mol. The molecule has 2 aromatic rings. The second-order valence-electron chi connectivity index (χ2n) is 6.81. The first-order valence-corrected chi connectivity index (χ1v) is 9.15. The molecular formula is C19H22ClN3O3. The minimum absolute atomic E-state index is 0.188. The first-order chi connectivity index (χ1) is 12.5. The lowest BCUT2D eigenvalue weighted by atomic mass is 9.99. The van der Waals surface area contributed by atoms with Crippen molar-refractivity contribution < 1.29 is 4.79 Å². The smallest absolute Gasteiger partial charge is 0.331 e. The maximum atomic E-state index is 12.7. The molecule has 138 valence electrons. The van der Waals surface area contributed by atoms with Gasteiger partial charge in [0.15, 0.2) is 0 Å². The van der Waals surface area contributed by atoms with Crippen molar-refractivity contribution in [2.24, 2.45) is 5.92 Å². The first kappa shape index (κ1) is 18.5. The summed E-state index contributed by atoms with van der Waals surface area (Å²) in [5.41, 5.74) is -0.196. The van der Waals surface area contributed by atoms with Crippen molar-refractivity contribution in [3.8, 4) is 0 Å². The topological polar surface area (TPSA) is 64.3 Å². The van der Waals surface area contributed by atoms with Crippen LogP contribution in [0.3, 0.4) is 0 Å². The van der Waals surface area contributed by atoms with Gasteiger partial charge in [0.1, 0.15) is 6.54 Å². The van der Waals surface area contributed by atoms with Crippen molar-refractivity contribution in [2.75, 3.05) is 13.1 Å². The molecule has 26 heavy (non-hydrogen) atoms. The summed E-state index contributed by atoms with van der Waals surface area (Å²) in [6.45, 7) is 3.53. The van der Waals surface area contributed by atoms with Gasteiger partial charge in [-0.05, 0) is 30.4 Å². The number of amides is 1. The zero-order valence-corrected chi connectivity index (χ0v) is 15.5. The molecule has 1 fully saturated rings. The van der Waals surface area contributed by atoms with E-state index >= 15 is 0 Å². The van der Waals surface area contributed by atoms with Gasteiger partial charge in [-0.15, -0.1) is 0 Å². The highest BCUT2D eigenvalue weighted by Crippen LogP contribution is 2.16. The van der Waals surface area contributed by atoms with Gasteiger partial charge in [-0.25, -0.2) is 4.79 Å². The lowest BCUT2D eigenvalue weighted by Gasteiger charge is -2.30. The lowest BCUT2D eigenvalue weighted by Crippen LogP contribution is -2.46. The average molecular weight is 376 g/mol. The Bertz CT molecular complexity index is 911. The van der Waals surface area contributed by atoms with Gasteiger partial charge in [0.2, 0.25) is 5.91 Å². The highest BCUT2D eigenvalue weighted by molar-refractivity contribution is 6.31. The summed E-state index contributed by atoms with van der Waals surface area (Å²) >= 11 is 6.15. The molecule has 0 bridgehead atoms.